The largest absolute Gasteiger partial charge is 0.456 e. The predicted molar refractivity (Wildman–Crippen MR) is 141 cm³/mol. The summed E-state index contributed by atoms with van der Waals surface area (Å²) in [5, 5.41) is 14.1. The van der Waals surface area contributed by atoms with Crippen LogP contribution in [0, 0.1) is 19.7 Å². The molecule has 1 saturated carbocycles. The molecule has 8 heteroatoms. The van der Waals surface area contributed by atoms with E-state index < -0.39 is 5.60 Å². The van der Waals surface area contributed by atoms with Gasteiger partial charge in [-0.15, -0.1) is 0 Å². The van der Waals surface area contributed by atoms with Crippen LogP contribution < -0.4 is 15.6 Å². The highest BCUT2D eigenvalue weighted by Crippen LogP contribution is 2.40. The van der Waals surface area contributed by atoms with E-state index in [-0.39, 0.29) is 23.3 Å². The van der Waals surface area contributed by atoms with Crippen LogP contribution >= 0.6 is 0 Å². The number of nitrogens with zero attached hydrogens (tertiary/aromatic N) is 1. The van der Waals surface area contributed by atoms with Crippen molar-refractivity contribution in [3.63, 3.8) is 0 Å². The average Bonchev–Trinajstić information content (AvgIpc) is 3.51. The molecule has 3 N–H and O–H groups in total. The number of aryl methyl sites for hydroxylation is 3. The number of ether oxygens (including phenoxy) is 1. The molecule has 0 unspecified atom stereocenters. The molecular formula is C29H30FN3O4. The molecule has 0 aliphatic heterocycles. The summed E-state index contributed by atoms with van der Waals surface area (Å²) in [6.45, 7) is 6.92. The van der Waals surface area contributed by atoms with Gasteiger partial charge in [-0.25, -0.2) is 4.39 Å². The summed E-state index contributed by atoms with van der Waals surface area (Å²) in [6, 6.07) is 9.91. The molecule has 0 spiro atoms. The third-order valence-electron chi connectivity index (χ3n) is 6.73. The van der Waals surface area contributed by atoms with E-state index in [2.05, 4.69) is 10.3 Å². The highest BCUT2D eigenvalue weighted by Gasteiger charge is 2.26. The number of benzene rings is 2. The number of halogens is 1. The Morgan fingerprint density at radius 1 is 1.14 bits per heavy atom. The maximum atomic E-state index is 13.9. The number of hydrogen-bond donors (Lipinski definition) is 3. The van der Waals surface area contributed by atoms with Crippen molar-refractivity contribution in [2.75, 3.05) is 0 Å². The fraction of sp³-hybridized carbons (Fsp3) is 0.310. The van der Waals surface area contributed by atoms with Crippen LogP contribution in [0.3, 0.4) is 0 Å². The molecule has 4 aromatic rings. The van der Waals surface area contributed by atoms with Crippen LogP contribution in [0.25, 0.3) is 22.0 Å². The van der Waals surface area contributed by atoms with E-state index in [9.17, 15) is 19.1 Å². The molecule has 2 heterocycles. The Balaban J connectivity index is 1.72. The van der Waals surface area contributed by atoms with Crippen LogP contribution in [-0.2, 0) is 12.6 Å². The summed E-state index contributed by atoms with van der Waals surface area (Å²) in [5.41, 5.74) is 2.57. The number of H-pyrrole nitrogens is 1. The van der Waals surface area contributed by atoms with Crippen molar-refractivity contribution in [2.45, 2.75) is 52.2 Å². The van der Waals surface area contributed by atoms with Crippen molar-refractivity contribution < 1.29 is 19.0 Å². The Morgan fingerprint density at radius 3 is 2.43 bits per heavy atom. The van der Waals surface area contributed by atoms with Crippen molar-refractivity contribution in [3.05, 3.63) is 81.2 Å². The van der Waals surface area contributed by atoms with Gasteiger partial charge in [0.15, 0.2) is 0 Å². The van der Waals surface area contributed by atoms with Gasteiger partial charge in [0.05, 0.1) is 16.5 Å². The van der Waals surface area contributed by atoms with E-state index in [1.807, 2.05) is 6.07 Å². The van der Waals surface area contributed by atoms with E-state index in [1.165, 1.54) is 16.7 Å². The molecule has 0 bridgehead atoms. The zero-order chi connectivity index (χ0) is 26.6. The lowest BCUT2D eigenvalue weighted by atomic mass is 9.93. The molecule has 2 aromatic carbocycles. The quantitative estimate of drug-likeness (QED) is 0.337. The first kappa shape index (κ1) is 24.8. The van der Waals surface area contributed by atoms with Gasteiger partial charge in [-0.2, -0.15) is 0 Å². The smallest absolute Gasteiger partial charge is 0.267 e. The third-order valence-corrected chi connectivity index (χ3v) is 6.73. The molecule has 0 radical (unpaired) electrons. The number of pyridine rings is 1. The minimum atomic E-state index is -1.14. The Bertz CT molecular complexity index is 1580. The van der Waals surface area contributed by atoms with Crippen LogP contribution in [0.1, 0.15) is 53.9 Å². The Labute approximate surface area is 213 Å². The fourth-order valence-corrected chi connectivity index (χ4v) is 4.54. The molecule has 1 amide bonds. The monoisotopic (exact) mass is 503 g/mol. The van der Waals surface area contributed by atoms with Crippen molar-refractivity contribution >= 4 is 16.8 Å². The van der Waals surface area contributed by atoms with E-state index in [0.717, 1.165) is 12.8 Å². The number of hydrogen-bond acceptors (Lipinski definition) is 4. The molecule has 192 valence electrons. The van der Waals surface area contributed by atoms with Gasteiger partial charge in [0.25, 0.3) is 11.5 Å². The molecule has 1 fully saturated rings. The second kappa shape index (κ2) is 8.88. The number of rotatable bonds is 6. The summed E-state index contributed by atoms with van der Waals surface area (Å²) < 4.78 is 21.7. The second-order valence-corrected chi connectivity index (χ2v) is 10.4. The maximum Gasteiger partial charge on any atom is 0.267 e. The lowest BCUT2D eigenvalue weighted by Crippen LogP contribution is -2.25. The van der Waals surface area contributed by atoms with E-state index in [1.54, 1.807) is 59.1 Å². The third kappa shape index (κ3) is 4.76. The number of fused-ring (bicyclic) bond motifs is 1. The molecule has 1 aliphatic rings. The number of aliphatic hydroxyl groups is 1. The SMILES string of the molecule is Cc1cc(F)cc(C)c1Oc1ccc(C(C)(C)O)cc1-c1cn(C)c(=O)c2cc(C(=O)NC3CC3)[nH]c12. The highest BCUT2D eigenvalue weighted by atomic mass is 19.1. The summed E-state index contributed by atoms with van der Waals surface area (Å²) in [7, 11) is 1.65. The first-order valence-electron chi connectivity index (χ1n) is 12.3. The average molecular weight is 504 g/mol. The summed E-state index contributed by atoms with van der Waals surface area (Å²) in [6.07, 6.45) is 3.59. The van der Waals surface area contributed by atoms with Gasteiger partial charge >= 0.3 is 0 Å². The minimum Gasteiger partial charge on any atom is -0.456 e. The van der Waals surface area contributed by atoms with Crippen LogP contribution in [0.2, 0.25) is 0 Å². The Kier molecular flexibility index (Phi) is 5.95. The molecular weight excluding hydrogens is 473 g/mol. The molecule has 7 nitrogen and oxygen atoms in total. The van der Waals surface area contributed by atoms with Crippen molar-refractivity contribution in [1.82, 2.24) is 14.9 Å². The minimum absolute atomic E-state index is 0.173. The highest BCUT2D eigenvalue weighted by molar-refractivity contribution is 6.02. The van der Waals surface area contributed by atoms with Crippen LogP contribution in [0.15, 0.2) is 47.4 Å². The van der Waals surface area contributed by atoms with Crippen molar-refractivity contribution in [1.29, 1.82) is 0 Å². The van der Waals surface area contributed by atoms with Gasteiger partial charge in [-0.1, -0.05) is 6.07 Å². The molecule has 2 aromatic heterocycles. The second-order valence-electron chi connectivity index (χ2n) is 10.4. The van der Waals surface area contributed by atoms with Crippen LogP contribution in [0.4, 0.5) is 4.39 Å². The predicted octanol–water partition coefficient (Wildman–Crippen LogP) is 5.20. The van der Waals surface area contributed by atoms with Crippen molar-refractivity contribution in [2.24, 2.45) is 7.05 Å². The fourth-order valence-electron chi connectivity index (χ4n) is 4.54. The Hall–Kier alpha value is -3.91. The van der Waals surface area contributed by atoms with Gasteiger partial charge < -0.3 is 24.7 Å². The molecule has 5 rings (SSSR count). The molecule has 1 aliphatic carbocycles. The van der Waals surface area contributed by atoms with Crippen molar-refractivity contribution in [3.8, 4) is 22.6 Å². The summed E-state index contributed by atoms with van der Waals surface area (Å²) in [4.78, 5) is 28.9. The van der Waals surface area contributed by atoms with E-state index in [0.29, 0.717) is 55.9 Å². The van der Waals surface area contributed by atoms with Crippen LogP contribution in [0.5, 0.6) is 11.5 Å². The lowest BCUT2D eigenvalue weighted by Gasteiger charge is -2.22. The topological polar surface area (TPSA) is 96.3 Å². The first-order chi connectivity index (χ1) is 17.4. The van der Waals surface area contributed by atoms with Crippen LogP contribution in [-0.4, -0.2) is 26.6 Å². The number of carbonyl (C=O) groups excluding carboxylic acids is 1. The zero-order valence-electron chi connectivity index (χ0n) is 21.5. The number of nitrogens with one attached hydrogen (secondary N) is 2. The Morgan fingerprint density at radius 2 is 1.81 bits per heavy atom. The molecule has 0 saturated heterocycles. The number of amides is 1. The first-order valence-corrected chi connectivity index (χ1v) is 12.3. The number of carbonyl (C=O) groups is 1. The maximum absolute atomic E-state index is 13.9. The summed E-state index contributed by atoms with van der Waals surface area (Å²) in [5.74, 6) is 0.383. The molecule has 37 heavy (non-hydrogen) atoms. The number of aromatic amines is 1. The van der Waals surface area contributed by atoms with E-state index in [4.69, 9.17) is 4.74 Å². The normalized spacial score (nSPS) is 13.7. The number of aromatic nitrogens is 2. The van der Waals surface area contributed by atoms with Gasteiger partial charge in [0.1, 0.15) is 23.0 Å². The zero-order valence-corrected chi connectivity index (χ0v) is 21.5. The van der Waals surface area contributed by atoms with Gasteiger partial charge in [-0.05, 0) is 87.6 Å². The van der Waals surface area contributed by atoms with Gasteiger partial charge in [0, 0.05) is 30.4 Å². The van der Waals surface area contributed by atoms with E-state index >= 15 is 0 Å². The summed E-state index contributed by atoms with van der Waals surface area (Å²) >= 11 is 0. The lowest BCUT2D eigenvalue weighted by molar-refractivity contribution is 0.0786. The molecule has 0 atom stereocenters. The van der Waals surface area contributed by atoms with Gasteiger partial charge in [0.2, 0.25) is 0 Å². The van der Waals surface area contributed by atoms with Gasteiger partial charge in [-0.3, -0.25) is 9.59 Å². The standard InChI is InChI=1S/C29H30FN3O4/c1-15-10-18(30)11-16(2)26(15)37-24-9-6-17(29(3,4)36)12-20(24)22-14-33(5)28(35)21-13-23(32-25(21)22)27(34)31-19-7-8-19/h6,9-14,19,32,36H,7-8H2,1-5H3,(H,31,34).